The van der Waals surface area contributed by atoms with Crippen molar-refractivity contribution in [2.45, 2.75) is 32.9 Å². The van der Waals surface area contributed by atoms with E-state index in [1.54, 1.807) is 38.1 Å². The zero-order valence-corrected chi connectivity index (χ0v) is 18.0. The maximum absolute atomic E-state index is 13.4. The van der Waals surface area contributed by atoms with Crippen LogP contribution >= 0.6 is 11.6 Å². The van der Waals surface area contributed by atoms with Gasteiger partial charge in [-0.3, -0.25) is 14.4 Å². The van der Waals surface area contributed by atoms with E-state index in [9.17, 15) is 19.5 Å². The number of amides is 2. The Morgan fingerprint density at radius 2 is 1.93 bits per heavy atom. The molecular formula is C22H27ClN2O5. The van der Waals surface area contributed by atoms with Gasteiger partial charge in [0.15, 0.2) is 0 Å². The summed E-state index contributed by atoms with van der Waals surface area (Å²) in [5.41, 5.74) is 0.548. The van der Waals surface area contributed by atoms with Crippen LogP contribution in [0.4, 0.5) is 5.69 Å². The van der Waals surface area contributed by atoms with Crippen LogP contribution < -0.4 is 5.32 Å². The highest BCUT2D eigenvalue weighted by Crippen LogP contribution is 2.45. The molecule has 1 aromatic rings. The van der Waals surface area contributed by atoms with Crippen LogP contribution in [0, 0.1) is 23.7 Å². The monoisotopic (exact) mass is 434 g/mol. The zero-order chi connectivity index (χ0) is 22.0. The molecule has 3 rings (SSSR count). The van der Waals surface area contributed by atoms with Crippen LogP contribution in [0.25, 0.3) is 0 Å². The van der Waals surface area contributed by atoms with Crippen molar-refractivity contribution in [3.05, 3.63) is 41.4 Å². The molecule has 0 saturated carbocycles. The average Bonchev–Trinajstić information content (AvgIpc) is 3.01. The second-order valence-electron chi connectivity index (χ2n) is 7.84. The van der Waals surface area contributed by atoms with Crippen LogP contribution in [0.5, 0.6) is 0 Å². The Bertz CT molecular complexity index is 840. The predicted octanol–water partition coefficient (Wildman–Crippen LogP) is 2.49. The number of aliphatic hydroxyl groups excluding tert-OH is 1. The van der Waals surface area contributed by atoms with Crippen molar-refractivity contribution in [3.63, 3.8) is 0 Å². The van der Waals surface area contributed by atoms with Crippen molar-refractivity contribution in [2.24, 2.45) is 23.7 Å². The first-order valence-corrected chi connectivity index (χ1v) is 10.5. The molecule has 0 aromatic heterocycles. The molecule has 8 heteroatoms. The number of rotatable bonds is 6. The van der Waals surface area contributed by atoms with Crippen molar-refractivity contribution in [2.75, 3.05) is 18.5 Å². The zero-order valence-electron chi connectivity index (χ0n) is 17.2. The molecule has 162 valence electrons. The van der Waals surface area contributed by atoms with Gasteiger partial charge < -0.3 is 20.1 Å². The third-order valence-electron chi connectivity index (χ3n) is 5.89. The number of hydrogen-bond donors (Lipinski definition) is 2. The van der Waals surface area contributed by atoms with E-state index in [0.717, 1.165) is 0 Å². The lowest BCUT2D eigenvalue weighted by molar-refractivity contribution is -0.155. The fourth-order valence-electron chi connectivity index (χ4n) is 4.45. The van der Waals surface area contributed by atoms with Crippen LogP contribution in [-0.2, 0) is 19.1 Å². The minimum atomic E-state index is -0.846. The molecule has 0 spiro atoms. The number of likely N-dealkylation sites (tertiary alicyclic amines) is 1. The lowest BCUT2D eigenvalue weighted by atomic mass is 9.70. The number of halogens is 1. The predicted molar refractivity (Wildman–Crippen MR) is 113 cm³/mol. The van der Waals surface area contributed by atoms with Gasteiger partial charge in [-0.2, -0.15) is 0 Å². The molecule has 7 nitrogen and oxygen atoms in total. The van der Waals surface area contributed by atoms with E-state index in [0.29, 0.717) is 10.7 Å². The molecule has 2 amide bonds. The Labute approximate surface area is 181 Å². The van der Waals surface area contributed by atoms with Gasteiger partial charge in [0.1, 0.15) is 6.04 Å². The van der Waals surface area contributed by atoms with Crippen LogP contribution in [-0.4, -0.2) is 53.1 Å². The Morgan fingerprint density at radius 1 is 1.27 bits per heavy atom. The third kappa shape index (κ3) is 4.09. The van der Waals surface area contributed by atoms with Crippen LogP contribution in [0.3, 0.4) is 0 Å². The molecule has 1 aliphatic heterocycles. The van der Waals surface area contributed by atoms with Gasteiger partial charge in [-0.1, -0.05) is 30.7 Å². The minimum absolute atomic E-state index is 0.196. The quantitative estimate of drug-likeness (QED) is 0.529. The van der Waals surface area contributed by atoms with Gasteiger partial charge in [-0.05, 0) is 44.0 Å². The molecule has 1 saturated heterocycles. The lowest BCUT2D eigenvalue weighted by Gasteiger charge is -2.32. The lowest BCUT2D eigenvalue weighted by Crippen LogP contribution is -2.49. The minimum Gasteiger partial charge on any atom is -0.466 e. The fraction of sp³-hybridized carbons (Fsp3) is 0.500. The maximum atomic E-state index is 13.4. The highest BCUT2D eigenvalue weighted by molar-refractivity contribution is 6.30. The van der Waals surface area contributed by atoms with Gasteiger partial charge in [-0.15, -0.1) is 0 Å². The average molecular weight is 435 g/mol. The topological polar surface area (TPSA) is 95.9 Å². The van der Waals surface area contributed by atoms with Gasteiger partial charge in [0.05, 0.1) is 31.1 Å². The van der Waals surface area contributed by atoms with E-state index < -0.39 is 35.8 Å². The summed E-state index contributed by atoms with van der Waals surface area (Å²) in [5, 5.41) is 13.1. The number of anilines is 1. The van der Waals surface area contributed by atoms with Gasteiger partial charge in [0.2, 0.25) is 11.8 Å². The molecule has 2 N–H and O–H groups in total. The van der Waals surface area contributed by atoms with Crippen LogP contribution in [0.1, 0.15) is 20.8 Å². The van der Waals surface area contributed by atoms with E-state index in [4.69, 9.17) is 16.3 Å². The van der Waals surface area contributed by atoms with E-state index in [1.807, 2.05) is 19.1 Å². The molecular weight excluding hydrogens is 408 g/mol. The highest BCUT2D eigenvalue weighted by atomic mass is 35.5. The number of nitrogens with one attached hydrogen (secondary N) is 1. The third-order valence-corrected chi connectivity index (χ3v) is 6.14. The second-order valence-corrected chi connectivity index (χ2v) is 8.28. The van der Waals surface area contributed by atoms with Gasteiger partial charge in [0, 0.05) is 16.6 Å². The Hall–Kier alpha value is -2.38. The van der Waals surface area contributed by atoms with Crippen molar-refractivity contribution in [1.29, 1.82) is 0 Å². The molecule has 1 aliphatic carbocycles. The molecule has 0 radical (unpaired) electrons. The smallest absolute Gasteiger partial charge is 0.310 e. The largest absolute Gasteiger partial charge is 0.466 e. The van der Waals surface area contributed by atoms with Crippen LogP contribution in [0.2, 0.25) is 5.02 Å². The second kappa shape index (κ2) is 9.18. The van der Waals surface area contributed by atoms with E-state index in [-0.39, 0.29) is 30.9 Å². The first-order chi connectivity index (χ1) is 14.3. The summed E-state index contributed by atoms with van der Waals surface area (Å²) in [6.45, 7) is 5.19. The maximum Gasteiger partial charge on any atom is 0.310 e. The summed E-state index contributed by atoms with van der Waals surface area (Å²) in [4.78, 5) is 40.7. The van der Waals surface area contributed by atoms with E-state index >= 15 is 0 Å². The molecule has 30 heavy (non-hydrogen) atoms. The summed E-state index contributed by atoms with van der Waals surface area (Å²) in [5.74, 6) is -3.20. The Morgan fingerprint density at radius 3 is 2.53 bits per heavy atom. The van der Waals surface area contributed by atoms with Gasteiger partial charge in [-0.25, -0.2) is 0 Å². The number of ether oxygens (including phenoxy) is 1. The first-order valence-electron chi connectivity index (χ1n) is 10.1. The molecule has 1 heterocycles. The number of carbonyl (C=O) groups is 3. The Balaban J connectivity index is 1.96. The molecule has 1 aromatic carbocycles. The number of esters is 1. The van der Waals surface area contributed by atoms with Gasteiger partial charge in [0.25, 0.3) is 0 Å². The Kier molecular flexibility index (Phi) is 6.83. The SMILES string of the molecule is CCOC(=O)[C@H]1[C@@H]2C(=O)N([C@H](C)CO)[C@H](C(=O)Nc3ccc(Cl)cc3)[C@H]2C=C[C@H]1C. The summed E-state index contributed by atoms with van der Waals surface area (Å²) < 4.78 is 5.23. The summed E-state index contributed by atoms with van der Waals surface area (Å²) in [6, 6.07) is 5.25. The number of carbonyl (C=O) groups excluding carboxylic acids is 3. The first kappa shape index (κ1) is 22.3. The molecule has 6 atom stereocenters. The normalized spacial score (nSPS) is 28.8. The van der Waals surface area contributed by atoms with Crippen LogP contribution in [0.15, 0.2) is 36.4 Å². The van der Waals surface area contributed by atoms with Crippen molar-refractivity contribution < 1.29 is 24.2 Å². The number of allylic oxidation sites excluding steroid dienone is 1. The summed E-state index contributed by atoms with van der Waals surface area (Å²) >= 11 is 5.91. The number of aliphatic hydroxyl groups is 1. The number of benzene rings is 1. The number of fused-ring (bicyclic) bond motifs is 1. The van der Waals surface area contributed by atoms with Crippen molar-refractivity contribution >= 4 is 35.1 Å². The molecule has 0 unspecified atom stereocenters. The van der Waals surface area contributed by atoms with E-state index in [2.05, 4.69) is 5.32 Å². The summed E-state index contributed by atoms with van der Waals surface area (Å²) in [6.07, 6.45) is 3.71. The molecule has 0 bridgehead atoms. The number of hydrogen-bond acceptors (Lipinski definition) is 5. The standard InChI is InChI=1S/C22H27ClN2O5/c1-4-30-22(29)17-12(2)5-10-16-18(17)21(28)25(13(3)11-26)19(16)20(27)24-15-8-6-14(23)7-9-15/h5-10,12-13,16-19,26H,4,11H2,1-3H3,(H,24,27)/t12-,13-,16+,17-,18-,19+/m1/s1. The fourth-order valence-corrected chi connectivity index (χ4v) is 4.58. The number of nitrogens with zero attached hydrogens (tertiary/aromatic N) is 1. The molecule has 1 fully saturated rings. The van der Waals surface area contributed by atoms with Crippen molar-refractivity contribution in [3.8, 4) is 0 Å². The summed E-state index contributed by atoms with van der Waals surface area (Å²) in [7, 11) is 0. The highest BCUT2D eigenvalue weighted by Gasteiger charge is 2.58. The van der Waals surface area contributed by atoms with Crippen molar-refractivity contribution in [1.82, 2.24) is 4.90 Å². The molecule has 2 aliphatic rings. The van der Waals surface area contributed by atoms with E-state index in [1.165, 1.54) is 4.90 Å². The van der Waals surface area contributed by atoms with Gasteiger partial charge >= 0.3 is 5.97 Å².